The number of rotatable bonds is 1. The topological polar surface area (TPSA) is 12.9 Å². The SMILES string of the molecule is Clc1cc2cncc(Br)c2cc1CBr. The molecule has 0 aliphatic heterocycles. The molecule has 0 aliphatic rings. The van der Waals surface area contributed by atoms with E-state index in [1.807, 2.05) is 12.3 Å². The summed E-state index contributed by atoms with van der Waals surface area (Å²) in [6.45, 7) is 0. The highest BCUT2D eigenvalue weighted by Gasteiger charge is 2.04. The molecule has 0 amide bonds. The van der Waals surface area contributed by atoms with Crippen LogP contribution in [0.4, 0.5) is 0 Å². The molecule has 1 nitrogen and oxygen atoms in total. The van der Waals surface area contributed by atoms with E-state index in [-0.39, 0.29) is 0 Å². The highest BCUT2D eigenvalue weighted by atomic mass is 79.9. The van der Waals surface area contributed by atoms with Gasteiger partial charge in [-0.2, -0.15) is 0 Å². The third-order valence-corrected chi connectivity index (χ3v) is 3.61. The zero-order valence-electron chi connectivity index (χ0n) is 7.10. The number of pyridine rings is 1. The second kappa shape index (κ2) is 4.17. The number of nitrogens with zero attached hydrogens (tertiary/aromatic N) is 1. The molecular formula is C10H6Br2ClN. The minimum absolute atomic E-state index is 0.760. The van der Waals surface area contributed by atoms with E-state index in [0.29, 0.717) is 0 Å². The maximum Gasteiger partial charge on any atom is 0.0453 e. The van der Waals surface area contributed by atoms with Crippen LogP contribution in [-0.2, 0) is 5.33 Å². The first-order valence-electron chi connectivity index (χ1n) is 4.00. The Hall–Kier alpha value is -0.120. The number of halogens is 3. The largest absolute Gasteiger partial charge is 0.263 e. The van der Waals surface area contributed by atoms with Crippen molar-refractivity contribution in [3.05, 3.63) is 39.6 Å². The van der Waals surface area contributed by atoms with E-state index in [4.69, 9.17) is 11.6 Å². The smallest absolute Gasteiger partial charge is 0.0453 e. The van der Waals surface area contributed by atoms with Gasteiger partial charge in [0.1, 0.15) is 0 Å². The molecule has 0 saturated heterocycles. The highest BCUT2D eigenvalue weighted by molar-refractivity contribution is 9.10. The van der Waals surface area contributed by atoms with Crippen LogP contribution in [0.1, 0.15) is 5.56 Å². The highest BCUT2D eigenvalue weighted by Crippen LogP contribution is 2.29. The molecule has 0 radical (unpaired) electrons. The Morgan fingerprint density at radius 1 is 1.29 bits per heavy atom. The first-order chi connectivity index (χ1) is 6.72. The van der Waals surface area contributed by atoms with Crippen molar-refractivity contribution in [1.82, 2.24) is 4.98 Å². The Labute approximate surface area is 104 Å². The molecule has 1 aromatic carbocycles. The van der Waals surface area contributed by atoms with Crippen LogP contribution in [-0.4, -0.2) is 4.98 Å². The summed E-state index contributed by atoms with van der Waals surface area (Å²) in [5.41, 5.74) is 1.09. The van der Waals surface area contributed by atoms with Crippen molar-refractivity contribution in [1.29, 1.82) is 0 Å². The Morgan fingerprint density at radius 3 is 2.79 bits per heavy atom. The zero-order chi connectivity index (χ0) is 10.1. The molecule has 72 valence electrons. The van der Waals surface area contributed by atoms with Crippen molar-refractivity contribution in [3.8, 4) is 0 Å². The van der Waals surface area contributed by atoms with Crippen molar-refractivity contribution < 1.29 is 0 Å². The number of benzene rings is 1. The molecule has 0 fully saturated rings. The van der Waals surface area contributed by atoms with E-state index in [1.165, 1.54) is 0 Å². The molecule has 1 heterocycles. The lowest BCUT2D eigenvalue weighted by Gasteiger charge is -2.04. The van der Waals surface area contributed by atoms with Gasteiger partial charge in [-0.05, 0) is 39.0 Å². The Bertz CT molecular complexity index is 485. The predicted octanol–water partition coefficient (Wildman–Crippen LogP) is 4.55. The summed E-state index contributed by atoms with van der Waals surface area (Å²) in [6.07, 6.45) is 3.60. The number of aromatic nitrogens is 1. The van der Waals surface area contributed by atoms with Gasteiger partial charge in [0, 0.05) is 32.6 Å². The lowest BCUT2D eigenvalue weighted by Crippen LogP contribution is -1.84. The quantitative estimate of drug-likeness (QED) is 0.697. The number of hydrogen-bond acceptors (Lipinski definition) is 1. The van der Waals surface area contributed by atoms with Crippen molar-refractivity contribution in [3.63, 3.8) is 0 Å². The first kappa shape index (κ1) is 10.4. The molecule has 0 atom stereocenters. The molecule has 0 unspecified atom stereocenters. The normalized spacial score (nSPS) is 10.8. The fourth-order valence-electron chi connectivity index (χ4n) is 1.30. The Morgan fingerprint density at radius 2 is 2.07 bits per heavy atom. The van der Waals surface area contributed by atoms with Gasteiger partial charge in [0.15, 0.2) is 0 Å². The number of fused-ring (bicyclic) bond motifs is 1. The van der Waals surface area contributed by atoms with Crippen LogP contribution in [0.3, 0.4) is 0 Å². The second-order valence-electron chi connectivity index (χ2n) is 2.92. The van der Waals surface area contributed by atoms with Crippen molar-refractivity contribution in [2.45, 2.75) is 5.33 Å². The van der Waals surface area contributed by atoms with Crippen molar-refractivity contribution >= 4 is 54.2 Å². The van der Waals surface area contributed by atoms with Crippen molar-refractivity contribution in [2.24, 2.45) is 0 Å². The van der Waals surface area contributed by atoms with Gasteiger partial charge in [-0.25, -0.2) is 0 Å². The van der Waals surface area contributed by atoms with Gasteiger partial charge >= 0.3 is 0 Å². The van der Waals surface area contributed by atoms with Gasteiger partial charge in [0.2, 0.25) is 0 Å². The minimum atomic E-state index is 0.760. The fraction of sp³-hybridized carbons (Fsp3) is 0.100. The van der Waals surface area contributed by atoms with Crippen LogP contribution in [0.5, 0.6) is 0 Å². The zero-order valence-corrected chi connectivity index (χ0v) is 11.0. The summed E-state index contributed by atoms with van der Waals surface area (Å²) in [7, 11) is 0. The summed E-state index contributed by atoms with van der Waals surface area (Å²) in [4.78, 5) is 4.09. The molecule has 2 rings (SSSR count). The molecule has 4 heteroatoms. The molecule has 0 spiro atoms. The third-order valence-electron chi connectivity index (χ3n) is 2.02. The van der Waals surface area contributed by atoms with Crippen molar-refractivity contribution in [2.75, 3.05) is 0 Å². The molecule has 0 aliphatic carbocycles. The van der Waals surface area contributed by atoms with Gasteiger partial charge in [0.25, 0.3) is 0 Å². The maximum absolute atomic E-state index is 6.08. The van der Waals surface area contributed by atoms with Crippen LogP contribution in [0.2, 0.25) is 5.02 Å². The molecule has 2 aromatic rings. The Balaban J connectivity index is 2.80. The fourth-order valence-corrected chi connectivity index (χ4v) is 2.63. The van der Waals surface area contributed by atoms with Gasteiger partial charge in [-0.1, -0.05) is 27.5 Å². The first-order valence-corrected chi connectivity index (χ1v) is 6.29. The number of hydrogen-bond donors (Lipinski definition) is 0. The van der Waals surface area contributed by atoms with Gasteiger partial charge in [0.05, 0.1) is 0 Å². The van der Waals surface area contributed by atoms with Crippen LogP contribution in [0, 0.1) is 0 Å². The van der Waals surface area contributed by atoms with E-state index in [1.54, 1.807) is 6.20 Å². The standard InChI is InChI=1S/C10H6Br2ClN/c11-3-6-1-8-7(2-10(6)13)4-14-5-9(8)12/h1-2,4-5H,3H2. The molecular weight excluding hydrogens is 329 g/mol. The van der Waals surface area contributed by atoms with Crippen LogP contribution in [0.15, 0.2) is 29.0 Å². The van der Waals surface area contributed by atoms with Crippen LogP contribution in [0.25, 0.3) is 10.8 Å². The molecule has 0 bridgehead atoms. The summed E-state index contributed by atoms with van der Waals surface area (Å²) in [5.74, 6) is 0. The average molecular weight is 335 g/mol. The van der Waals surface area contributed by atoms with E-state index in [0.717, 1.165) is 31.2 Å². The van der Waals surface area contributed by atoms with Gasteiger partial charge in [-0.3, -0.25) is 4.98 Å². The minimum Gasteiger partial charge on any atom is -0.263 e. The average Bonchev–Trinajstić information content (AvgIpc) is 2.17. The number of alkyl halides is 1. The summed E-state index contributed by atoms with van der Waals surface area (Å²) in [6, 6.07) is 4.00. The van der Waals surface area contributed by atoms with E-state index >= 15 is 0 Å². The van der Waals surface area contributed by atoms with Gasteiger partial charge in [-0.15, -0.1) is 0 Å². The predicted molar refractivity (Wildman–Crippen MR) is 67.1 cm³/mol. The second-order valence-corrected chi connectivity index (χ2v) is 4.74. The lowest BCUT2D eigenvalue weighted by molar-refractivity contribution is 1.34. The van der Waals surface area contributed by atoms with E-state index in [2.05, 4.69) is 42.9 Å². The summed E-state index contributed by atoms with van der Waals surface area (Å²) < 4.78 is 0.994. The lowest BCUT2D eigenvalue weighted by atomic mass is 10.1. The molecule has 0 N–H and O–H groups in total. The van der Waals surface area contributed by atoms with E-state index in [9.17, 15) is 0 Å². The molecule has 0 saturated carbocycles. The van der Waals surface area contributed by atoms with Gasteiger partial charge < -0.3 is 0 Å². The van der Waals surface area contributed by atoms with E-state index < -0.39 is 0 Å². The monoisotopic (exact) mass is 333 g/mol. The third kappa shape index (κ3) is 1.81. The molecule has 14 heavy (non-hydrogen) atoms. The summed E-state index contributed by atoms with van der Waals surface area (Å²) >= 11 is 12.9. The molecule has 1 aromatic heterocycles. The Kier molecular flexibility index (Phi) is 3.10. The van der Waals surface area contributed by atoms with Crippen LogP contribution >= 0.6 is 43.5 Å². The summed E-state index contributed by atoms with van der Waals surface area (Å²) in [5, 5.41) is 3.72. The van der Waals surface area contributed by atoms with Crippen LogP contribution < -0.4 is 0 Å². The maximum atomic E-state index is 6.08.